The topological polar surface area (TPSA) is 61.3 Å². The summed E-state index contributed by atoms with van der Waals surface area (Å²) in [5, 5.41) is 0. The van der Waals surface area contributed by atoms with Crippen molar-refractivity contribution in [1.82, 2.24) is 9.55 Å². The molecule has 0 aliphatic carbocycles. The van der Waals surface area contributed by atoms with E-state index in [1.165, 1.54) is 12.1 Å². The Morgan fingerprint density at radius 3 is 2.03 bits per heavy atom. The fourth-order valence-corrected chi connectivity index (χ4v) is 3.56. The molecule has 0 spiro atoms. The van der Waals surface area contributed by atoms with E-state index < -0.39 is 23.0 Å². The Hall–Kier alpha value is -3.49. The lowest BCUT2D eigenvalue weighted by molar-refractivity contribution is -0.137. The molecular formula is C21H19F3N4O2. The lowest BCUT2D eigenvalue weighted by Gasteiger charge is -2.37. The van der Waals surface area contributed by atoms with Crippen LogP contribution >= 0.6 is 0 Å². The van der Waals surface area contributed by atoms with Gasteiger partial charge in [-0.2, -0.15) is 13.2 Å². The Balaban J connectivity index is 1.51. The molecule has 1 aliphatic heterocycles. The highest BCUT2D eigenvalue weighted by molar-refractivity contribution is 5.51. The second kappa shape index (κ2) is 7.74. The summed E-state index contributed by atoms with van der Waals surface area (Å²) in [6.45, 7) is 1.85. The van der Waals surface area contributed by atoms with Crippen molar-refractivity contribution in [2.24, 2.45) is 0 Å². The number of alkyl halides is 3. The van der Waals surface area contributed by atoms with Gasteiger partial charge in [0.05, 0.1) is 11.3 Å². The number of nitrogens with zero attached hydrogens (tertiary/aromatic N) is 3. The molecule has 0 bridgehead atoms. The van der Waals surface area contributed by atoms with Crippen LogP contribution in [0.25, 0.3) is 5.69 Å². The standard InChI is InChI=1S/C21H19F3N4O2/c22-21(23,24)15-5-4-8-17(13-15)26-9-11-27(12-10-26)18-14-19(29)28(20(30)25-18)16-6-2-1-3-7-16/h1-8,13-14H,9-12H2,(H,25,30). The van der Waals surface area contributed by atoms with Crippen LogP contribution < -0.4 is 21.0 Å². The number of aromatic amines is 1. The Kier molecular flexibility index (Phi) is 5.11. The van der Waals surface area contributed by atoms with Crippen molar-refractivity contribution < 1.29 is 13.2 Å². The van der Waals surface area contributed by atoms with Gasteiger partial charge in [-0.05, 0) is 30.3 Å². The summed E-state index contributed by atoms with van der Waals surface area (Å²) in [7, 11) is 0. The zero-order valence-electron chi connectivity index (χ0n) is 15.9. The maximum absolute atomic E-state index is 13.0. The highest BCUT2D eigenvalue weighted by atomic mass is 19.4. The van der Waals surface area contributed by atoms with Gasteiger partial charge in [0.2, 0.25) is 0 Å². The van der Waals surface area contributed by atoms with Crippen LogP contribution in [0.2, 0.25) is 0 Å². The van der Waals surface area contributed by atoms with Crippen molar-refractivity contribution in [3.63, 3.8) is 0 Å². The number of anilines is 2. The highest BCUT2D eigenvalue weighted by Crippen LogP contribution is 2.32. The van der Waals surface area contributed by atoms with Gasteiger partial charge in [0.25, 0.3) is 5.56 Å². The number of hydrogen-bond donors (Lipinski definition) is 1. The summed E-state index contributed by atoms with van der Waals surface area (Å²) < 4.78 is 39.9. The van der Waals surface area contributed by atoms with E-state index in [4.69, 9.17) is 0 Å². The zero-order chi connectivity index (χ0) is 21.3. The number of rotatable bonds is 3. The summed E-state index contributed by atoms with van der Waals surface area (Å²) in [5.41, 5.74) is -0.692. The van der Waals surface area contributed by atoms with Gasteiger partial charge < -0.3 is 9.80 Å². The monoisotopic (exact) mass is 416 g/mol. The number of piperazine rings is 1. The summed E-state index contributed by atoms with van der Waals surface area (Å²) >= 11 is 0. The molecule has 9 heteroatoms. The van der Waals surface area contributed by atoms with Crippen LogP contribution in [0.15, 0.2) is 70.3 Å². The normalized spacial score (nSPS) is 14.8. The minimum atomic E-state index is -4.39. The lowest BCUT2D eigenvalue weighted by Crippen LogP contribution is -2.48. The third-order valence-electron chi connectivity index (χ3n) is 5.09. The van der Waals surface area contributed by atoms with Crippen LogP contribution in [0, 0.1) is 0 Å². The molecule has 1 N–H and O–H groups in total. The zero-order valence-corrected chi connectivity index (χ0v) is 15.9. The SMILES string of the molecule is O=c1cc(N2CCN(c3cccc(C(F)(F)F)c3)CC2)[nH]c(=O)n1-c1ccccc1. The van der Waals surface area contributed by atoms with Crippen LogP contribution in [-0.2, 0) is 6.18 Å². The minimum Gasteiger partial charge on any atom is -0.368 e. The van der Waals surface area contributed by atoms with E-state index in [2.05, 4.69) is 4.98 Å². The molecule has 2 aromatic carbocycles. The van der Waals surface area contributed by atoms with Gasteiger partial charge in [-0.25, -0.2) is 9.36 Å². The number of halogens is 3. The van der Waals surface area contributed by atoms with E-state index in [1.54, 1.807) is 36.4 Å². The molecule has 4 rings (SSSR count). The van der Waals surface area contributed by atoms with Gasteiger partial charge in [0.1, 0.15) is 5.82 Å². The van der Waals surface area contributed by atoms with E-state index in [-0.39, 0.29) is 0 Å². The van der Waals surface area contributed by atoms with E-state index in [0.29, 0.717) is 43.4 Å². The number of H-pyrrole nitrogens is 1. The van der Waals surface area contributed by atoms with Gasteiger partial charge in [-0.1, -0.05) is 24.3 Å². The van der Waals surface area contributed by atoms with E-state index in [1.807, 2.05) is 9.80 Å². The van der Waals surface area contributed by atoms with Crippen LogP contribution in [0.1, 0.15) is 5.56 Å². The predicted molar refractivity (Wildman–Crippen MR) is 109 cm³/mol. The first-order chi connectivity index (χ1) is 14.3. The molecule has 6 nitrogen and oxygen atoms in total. The molecule has 0 unspecified atom stereocenters. The molecule has 3 aromatic rings. The third-order valence-corrected chi connectivity index (χ3v) is 5.09. The number of para-hydroxylation sites is 1. The maximum Gasteiger partial charge on any atom is 0.416 e. The number of hydrogen-bond acceptors (Lipinski definition) is 4. The molecule has 0 radical (unpaired) electrons. The smallest absolute Gasteiger partial charge is 0.368 e. The van der Waals surface area contributed by atoms with Crippen molar-refractivity contribution in [3.8, 4) is 5.69 Å². The van der Waals surface area contributed by atoms with Gasteiger partial charge >= 0.3 is 11.9 Å². The number of aromatic nitrogens is 2. The van der Waals surface area contributed by atoms with E-state index in [0.717, 1.165) is 16.7 Å². The highest BCUT2D eigenvalue weighted by Gasteiger charge is 2.31. The van der Waals surface area contributed by atoms with Gasteiger partial charge in [0, 0.05) is 37.9 Å². The summed E-state index contributed by atoms with van der Waals surface area (Å²) in [4.78, 5) is 31.4. The molecule has 2 heterocycles. The van der Waals surface area contributed by atoms with Gasteiger partial charge in [-0.15, -0.1) is 0 Å². The summed E-state index contributed by atoms with van der Waals surface area (Å²) in [6.07, 6.45) is -4.39. The largest absolute Gasteiger partial charge is 0.416 e. The fraction of sp³-hybridized carbons (Fsp3) is 0.238. The van der Waals surface area contributed by atoms with Gasteiger partial charge in [0.15, 0.2) is 0 Å². The first kappa shape index (κ1) is 19.8. The minimum absolute atomic E-state index is 0.404. The molecule has 1 fully saturated rings. The Morgan fingerprint density at radius 2 is 1.40 bits per heavy atom. The van der Waals surface area contributed by atoms with Crippen LogP contribution in [0.3, 0.4) is 0 Å². The Morgan fingerprint density at radius 1 is 0.767 bits per heavy atom. The fourth-order valence-electron chi connectivity index (χ4n) is 3.56. The van der Waals surface area contributed by atoms with E-state index in [9.17, 15) is 22.8 Å². The van der Waals surface area contributed by atoms with Crippen molar-refractivity contribution in [1.29, 1.82) is 0 Å². The van der Waals surface area contributed by atoms with Crippen molar-refractivity contribution in [3.05, 3.63) is 87.1 Å². The first-order valence-electron chi connectivity index (χ1n) is 9.42. The van der Waals surface area contributed by atoms with Crippen molar-refractivity contribution in [2.75, 3.05) is 36.0 Å². The van der Waals surface area contributed by atoms with Crippen LogP contribution in [-0.4, -0.2) is 35.7 Å². The van der Waals surface area contributed by atoms with Crippen molar-refractivity contribution in [2.45, 2.75) is 6.18 Å². The van der Waals surface area contributed by atoms with E-state index >= 15 is 0 Å². The Bertz CT molecular complexity index is 1120. The summed E-state index contributed by atoms with van der Waals surface area (Å²) in [6, 6.07) is 15.2. The molecule has 0 atom stereocenters. The molecular weight excluding hydrogens is 397 g/mol. The van der Waals surface area contributed by atoms with Crippen molar-refractivity contribution >= 4 is 11.5 Å². The summed E-state index contributed by atoms with van der Waals surface area (Å²) in [5.74, 6) is 0.404. The number of nitrogens with one attached hydrogen (secondary N) is 1. The molecule has 30 heavy (non-hydrogen) atoms. The number of benzene rings is 2. The van der Waals surface area contributed by atoms with Crippen LogP contribution in [0.5, 0.6) is 0 Å². The lowest BCUT2D eigenvalue weighted by atomic mass is 10.1. The molecule has 1 aromatic heterocycles. The second-order valence-electron chi connectivity index (χ2n) is 6.99. The average Bonchev–Trinajstić information content (AvgIpc) is 2.74. The first-order valence-corrected chi connectivity index (χ1v) is 9.42. The maximum atomic E-state index is 13.0. The molecule has 0 amide bonds. The average molecular weight is 416 g/mol. The molecule has 156 valence electrons. The second-order valence-corrected chi connectivity index (χ2v) is 6.99. The van der Waals surface area contributed by atoms with Gasteiger partial charge in [-0.3, -0.25) is 9.78 Å². The molecule has 1 aliphatic rings. The third kappa shape index (κ3) is 3.96. The van der Waals surface area contributed by atoms with Crippen LogP contribution in [0.4, 0.5) is 24.7 Å². The predicted octanol–water partition coefficient (Wildman–Crippen LogP) is 2.87. The molecule has 0 saturated carbocycles. The quantitative estimate of drug-likeness (QED) is 0.713. The molecule has 1 saturated heterocycles. The Labute approximate surface area is 169 Å².